The topological polar surface area (TPSA) is 48.1 Å². The van der Waals surface area contributed by atoms with E-state index in [-0.39, 0.29) is 0 Å². The minimum atomic E-state index is 0.335. The van der Waals surface area contributed by atoms with E-state index in [0.29, 0.717) is 12.0 Å². The number of nitrogens with two attached hydrogens (primary N) is 1. The largest absolute Gasteiger partial charge is 0.489 e. The molecule has 0 amide bonds. The lowest BCUT2D eigenvalue weighted by Gasteiger charge is -2.34. The zero-order valence-electron chi connectivity index (χ0n) is 7.82. The summed E-state index contributed by atoms with van der Waals surface area (Å²) in [4.78, 5) is 3.98. The van der Waals surface area contributed by atoms with Gasteiger partial charge in [0.1, 0.15) is 5.75 Å². The van der Waals surface area contributed by atoms with E-state index < -0.39 is 0 Å². The first kappa shape index (κ1) is 9.93. The van der Waals surface area contributed by atoms with Crippen LogP contribution in [0.3, 0.4) is 0 Å². The van der Waals surface area contributed by atoms with E-state index >= 15 is 0 Å². The number of nitrogens with zero attached hydrogens (tertiary/aromatic N) is 1. The van der Waals surface area contributed by atoms with Crippen LogP contribution in [-0.2, 0) is 0 Å². The summed E-state index contributed by atoms with van der Waals surface area (Å²) in [5, 5.41) is 0. The highest BCUT2D eigenvalue weighted by atomic mass is 79.9. The summed E-state index contributed by atoms with van der Waals surface area (Å²) in [5.74, 6) is 1.53. The van der Waals surface area contributed by atoms with Gasteiger partial charge in [-0.1, -0.05) is 0 Å². The molecule has 14 heavy (non-hydrogen) atoms. The van der Waals surface area contributed by atoms with Gasteiger partial charge in [-0.3, -0.25) is 4.98 Å². The summed E-state index contributed by atoms with van der Waals surface area (Å²) in [6.45, 7) is 0.775. The quantitative estimate of drug-likeness (QED) is 0.900. The Labute approximate surface area is 91.8 Å². The van der Waals surface area contributed by atoms with Crippen LogP contribution in [0.4, 0.5) is 0 Å². The average Bonchev–Trinajstić information content (AvgIpc) is 2.13. The normalized spacial score (nSPS) is 25.6. The molecule has 1 aromatic rings. The molecule has 1 fully saturated rings. The van der Waals surface area contributed by atoms with Crippen molar-refractivity contribution in [1.29, 1.82) is 0 Å². The molecule has 0 aliphatic heterocycles. The van der Waals surface area contributed by atoms with Gasteiger partial charge in [-0.05, 0) is 47.3 Å². The number of hydrogen-bond acceptors (Lipinski definition) is 3. The smallest absolute Gasteiger partial charge is 0.136 e. The summed E-state index contributed by atoms with van der Waals surface area (Å²) in [7, 11) is 0. The Hall–Kier alpha value is -0.610. The number of halogens is 1. The molecule has 1 heterocycles. The van der Waals surface area contributed by atoms with Crippen molar-refractivity contribution >= 4 is 15.9 Å². The van der Waals surface area contributed by atoms with E-state index in [1.54, 1.807) is 12.4 Å². The van der Waals surface area contributed by atoms with Crippen LogP contribution in [0, 0.1) is 5.92 Å². The molecule has 1 aliphatic rings. The highest BCUT2D eigenvalue weighted by Crippen LogP contribution is 2.33. The van der Waals surface area contributed by atoms with Crippen LogP contribution in [0.15, 0.2) is 22.9 Å². The van der Waals surface area contributed by atoms with Crippen LogP contribution in [0.1, 0.15) is 12.8 Å². The van der Waals surface area contributed by atoms with Crippen molar-refractivity contribution < 1.29 is 4.74 Å². The second kappa shape index (κ2) is 4.28. The van der Waals surface area contributed by atoms with Crippen molar-refractivity contribution in [3.05, 3.63) is 22.9 Å². The molecule has 0 atom stereocenters. The molecular weight excluding hydrogens is 244 g/mol. The van der Waals surface area contributed by atoms with Crippen LogP contribution in [-0.4, -0.2) is 17.6 Å². The lowest BCUT2D eigenvalue weighted by molar-refractivity contribution is 0.0683. The van der Waals surface area contributed by atoms with Crippen molar-refractivity contribution in [1.82, 2.24) is 4.98 Å². The zero-order chi connectivity index (χ0) is 9.97. The van der Waals surface area contributed by atoms with Gasteiger partial charge in [-0.2, -0.15) is 0 Å². The number of aromatic nitrogens is 1. The summed E-state index contributed by atoms with van der Waals surface area (Å²) in [6.07, 6.45) is 5.96. The Bertz CT molecular complexity index is 313. The third-order valence-electron chi connectivity index (χ3n) is 2.55. The molecule has 0 spiro atoms. The van der Waals surface area contributed by atoms with Gasteiger partial charge >= 0.3 is 0 Å². The van der Waals surface area contributed by atoms with Gasteiger partial charge in [0, 0.05) is 12.4 Å². The van der Waals surface area contributed by atoms with Crippen LogP contribution in [0.5, 0.6) is 5.75 Å². The predicted octanol–water partition coefficient (Wildman–Crippen LogP) is 1.96. The molecule has 76 valence electrons. The SMILES string of the molecule is NCC1CC(Oc2ccncc2Br)C1. The van der Waals surface area contributed by atoms with Gasteiger partial charge in [0.15, 0.2) is 0 Å². The number of pyridine rings is 1. The van der Waals surface area contributed by atoms with Crippen LogP contribution < -0.4 is 10.5 Å². The van der Waals surface area contributed by atoms with E-state index in [1.807, 2.05) is 6.07 Å². The van der Waals surface area contributed by atoms with Crippen LogP contribution in [0.25, 0.3) is 0 Å². The lowest BCUT2D eigenvalue weighted by Crippen LogP contribution is -2.37. The summed E-state index contributed by atoms with van der Waals surface area (Å²) < 4.78 is 6.68. The second-order valence-corrected chi connectivity index (χ2v) is 4.47. The minimum absolute atomic E-state index is 0.335. The standard InChI is InChI=1S/C10H13BrN2O/c11-9-6-13-2-1-10(9)14-8-3-7(4-8)5-12/h1-2,6-8H,3-5,12H2. The minimum Gasteiger partial charge on any atom is -0.489 e. The maximum atomic E-state index is 5.77. The summed E-state index contributed by atoms with van der Waals surface area (Å²) in [5.41, 5.74) is 5.54. The lowest BCUT2D eigenvalue weighted by atomic mass is 9.82. The maximum Gasteiger partial charge on any atom is 0.136 e. The molecule has 1 aliphatic carbocycles. The van der Waals surface area contributed by atoms with Gasteiger partial charge in [0.25, 0.3) is 0 Å². The monoisotopic (exact) mass is 256 g/mol. The first-order chi connectivity index (χ1) is 6.79. The fourth-order valence-corrected chi connectivity index (χ4v) is 1.94. The van der Waals surface area contributed by atoms with Crippen molar-refractivity contribution in [2.24, 2.45) is 11.7 Å². The van der Waals surface area contributed by atoms with E-state index in [1.165, 1.54) is 0 Å². The van der Waals surface area contributed by atoms with Gasteiger partial charge in [0.05, 0.1) is 10.6 Å². The highest BCUT2D eigenvalue weighted by molar-refractivity contribution is 9.10. The molecule has 0 aromatic carbocycles. The Kier molecular flexibility index (Phi) is 3.03. The molecule has 0 saturated heterocycles. The van der Waals surface area contributed by atoms with Crippen molar-refractivity contribution in [2.45, 2.75) is 18.9 Å². The maximum absolute atomic E-state index is 5.77. The van der Waals surface area contributed by atoms with Crippen molar-refractivity contribution in [3.8, 4) is 5.75 Å². The zero-order valence-corrected chi connectivity index (χ0v) is 9.40. The third kappa shape index (κ3) is 2.07. The molecule has 0 bridgehead atoms. The predicted molar refractivity (Wildman–Crippen MR) is 58.1 cm³/mol. The number of ether oxygens (including phenoxy) is 1. The molecule has 2 N–H and O–H groups in total. The fraction of sp³-hybridized carbons (Fsp3) is 0.500. The van der Waals surface area contributed by atoms with E-state index in [4.69, 9.17) is 10.5 Å². The second-order valence-electron chi connectivity index (χ2n) is 3.62. The molecular formula is C10H13BrN2O. The van der Waals surface area contributed by atoms with E-state index in [0.717, 1.165) is 29.6 Å². The Morgan fingerprint density at radius 2 is 2.36 bits per heavy atom. The molecule has 1 saturated carbocycles. The molecule has 2 rings (SSSR count). The first-order valence-electron chi connectivity index (χ1n) is 4.76. The number of rotatable bonds is 3. The molecule has 0 unspecified atom stereocenters. The first-order valence-corrected chi connectivity index (χ1v) is 5.55. The van der Waals surface area contributed by atoms with Gasteiger partial charge in [0.2, 0.25) is 0 Å². The number of hydrogen-bond donors (Lipinski definition) is 1. The van der Waals surface area contributed by atoms with E-state index in [2.05, 4.69) is 20.9 Å². The van der Waals surface area contributed by atoms with Gasteiger partial charge < -0.3 is 10.5 Å². The average molecular weight is 257 g/mol. The highest BCUT2D eigenvalue weighted by Gasteiger charge is 2.29. The Morgan fingerprint density at radius 3 is 3.00 bits per heavy atom. The Morgan fingerprint density at radius 1 is 1.57 bits per heavy atom. The van der Waals surface area contributed by atoms with E-state index in [9.17, 15) is 0 Å². The molecule has 0 radical (unpaired) electrons. The van der Waals surface area contributed by atoms with Gasteiger partial charge in [-0.15, -0.1) is 0 Å². The molecule has 1 aromatic heterocycles. The van der Waals surface area contributed by atoms with Crippen molar-refractivity contribution in [3.63, 3.8) is 0 Å². The fourth-order valence-electron chi connectivity index (χ4n) is 1.60. The molecule has 3 nitrogen and oxygen atoms in total. The van der Waals surface area contributed by atoms with Crippen LogP contribution in [0.2, 0.25) is 0 Å². The molecule has 4 heteroatoms. The summed E-state index contributed by atoms with van der Waals surface area (Å²) >= 11 is 3.40. The van der Waals surface area contributed by atoms with Crippen molar-refractivity contribution in [2.75, 3.05) is 6.54 Å². The van der Waals surface area contributed by atoms with Gasteiger partial charge in [-0.25, -0.2) is 0 Å². The van der Waals surface area contributed by atoms with Crippen LogP contribution >= 0.6 is 15.9 Å². The Balaban J connectivity index is 1.90. The third-order valence-corrected chi connectivity index (χ3v) is 3.15. The summed E-state index contributed by atoms with van der Waals surface area (Å²) in [6, 6.07) is 1.87.